The number of aldehydes is 1. The van der Waals surface area contributed by atoms with Crippen LogP contribution >= 0.6 is 0 Å². The molecule has 0 aliphatic rings. The lowest BCUT2D eigenvalue weighted by Gasteiger charge is -2.18. The van der Waals surface area contributed by atoms with E-state index in [-0.39, 0.29) is 5.82 Å². The lowest BCUT2D eigenvalue weighted by atomic mass is 9.98. The predicted octanol–water partition coefficient (Wildman–Crippen LogP) is 2.59. The first-order valence-electron chi connectivity index (χ1n) is 5.41. The van der Waals surface area contributed by atoms with Crippen LogP contribution in [-0.2, 0) is 11.2 Å². The minimum atomic E-state index is -0.302. The molecule has 0 atom stereocenters. The molecular weight excluding hydrogens is 223 g/mol. The van der Waals surface area contributed by atoms with Gasteiger partial charge in [0.1, 0.15) is 12.1 Å². The number of methoxy groups -OCH3 is 2. The second-order valence-corrected chi connectivity index (χ2v) is 3.81. The number of hydrogen-bond acceptors (Lipinski definition) is 3. The van der Waals surface area contributed by atoms with Gasteiger partial charge in [0.2, 0.25) is 0 Å². The van der Waals surface area contributed by atoms with Gasteiger partial charge in [0.25, 0.3) is 0 Å². The molecule has 0 unspecified atom stereocenters. The van der Waals surface area contributed by atoms with Crippen LogP contribution in [0.25, 0.3) is 0 Å². The summed E-state index contributed by atoms with van der Waals surface area (Å²) in [5, 5.41) is 0. The highest BCUT2D eigenvalue weighted by Crippen LogP contribution is 2.39. The Kier molecular flexibility index (Phi) is 4.49. The molecule has 1 rings (SSSR count). The van der Waals surface area contributed by atoms with E-state index >= 15 is 0 Å². The maximum Gasteiger partial charge on any atom is 0.166 e. The molecule has 0 aliphatic carbocycles. The van der Waals surface area contributed by atoms with Gasteiger partial charge in [-0.25, -0.2) is 4.39 Å². The van der Waals surface area contributed by atoms with Crippen LogP contribution in [0.2, 0.25) is 0 Å². The fraction of sp³-hybridized carbons (Fsp3) is 0.462. The van der Waals surface area contributed by atoms with E-state index < -0.39 is 0 Å². The Morgan fingerprint density at radius 3 is 2.18 bits per heavy atom. The highest BCUT2D eigenvalue weighted by Gasteiger charge is 2.20. The van der Waals surface area contributed by atoms with Crippen molar-refractivity contribution in [1.82, 2.24) is 0 Å². The summed E-state index contributed by atoms with van der Waals surface area (Å²) in [7, 11) is 2.99. The Morgan fingerprint density at radius 1 is 1.12 bits per heavy atom. The van der Waals surface area contributed by atoms with Crippen molar-refractivity contribution < 1.29 is 18.7 Å². The third kappa shape index (κ3) is 2.40. The van der Waals surface area contributed by atoms with E-state index in [1.54, 1.807) is 13.8 Å². The number of carbonyl (C=O) groups excluding carboxylic acids is 1. The molecular formula is C13H17FO3. The van der Waals surface area contributed by atoms with Gasteiger partial charge < -0.3 is 14.3 Å². The summed E-state index contributed by atoms with van der Waals surface area (Å²) in [6, 6.07) is 0. The second kappa shape index (κ2) is 5.66. The van der Waals surface area contributed by atoms with Crippen molar-refractivity contribution in [2.45, 2.75) is 26.7 Å². The molecule has 0 amide bonds. The van der Waals surface area contributed by atoms with Crippen LogP contribution in [0.5, 0.6) is 11.5 Å². The molecule has 0 fully saturated rings. The first-order chi connectivity index (χ1) is 8.08. The summed E-state index contributed by atoms with van der Waals surface area (Å²) >= 11 is 0. The molecule has 17 heavy (non-hydrogen) atoms. The molecule has 1 aromatic carbocycles. The molecule has 0 heterocycles. The van der Waals surface area contributed by atoms with Gasteiger partial charge in [0, 0.05) is 17.5 Å². The minimum Gasteiger partial charge on any atom is -0.493 e. The van der Waals surface area contributed by atoms with E-state index in [0.29, 0.717) is 41.0 Å². The molecule has 0 saturated heterocycles. The highest BCUT2D eigenvalue weighted by molar-refractivity contribution is 5.58. The molecule has 94 valence electrons. The maximum absolute atomic E-state index is 14.0. The molecule has 3 nitrogen and oxygen atoms in total. The number of hydrogen-bond donors (Lipinski definition) is 0. The van der Waals surface area contributed by atoms with Gasteiger partial charge in [0.05, 0.1) is 14.2 Å². The molecule has 4 heteroatoms. The van der Waals surface area contributed by atoms with E-state index in [1.165, 1.54) is 14.2 Å². The molecule has 0 saturated carbocycles. The van der Waals surface area contributed by atoms with Crippen LogP contribution in [-0.4, -0.2) is 20.5 Å². The van der Waals surface area contributed by atoms with Gasteiger partial charge in [-0.05, 0) is 25.8 Å². The van der Waals surface area contributed by atoms with E-state index in [1.807, 2.05) is 0 Å². The summed E-state index contributed by atoms with van der Waals surface area (Å²) in [4.78, 5) is 10.4. The smallest absolute Gasteiger partial charge is 0.166 e. The Hall–Kier alpha value is -1.58. The first kappa shape index (κ1) is 13.5. The van der Waals surface area contributed by atoms with Crippen LogP contribution < -0.4 is 9.47 Å². The third-order valence-electron chi connectivity index (χ3n) is 2.85. The largest absolute Gasteiger partial charge is 0.493 e. The van der Waals surface area contributed by atoms with Crippen LogP contribution in [0.1, 0.15) is 23.1 Å². The lowest BCUT2D eigenvalue weighted by Crippen LogP contribution is -2.04. The second-order valence-electron chi connectivity index (χ2n) is 3.81. The van der Waals surface area contributed by atoms with Crippen LogP contribution in [0.4, 0.5) is 4.39 Å². The van der Waals surface area contributed by atoms with Crippen LogP contribution in [0.3, 0.4) is 0 Å². The number of rotatable bonds is 5. The Morgan fingerprint density at radius 2 is 1.71 bits per heavy atom. The molecule has 0 aliphatic heterocycles. The fourth-order valence-corrected chi connectivity index (χ4v) is 1.96. The van der Waals surface area contributed by atoms with Crippen molar-refractivity contribution in [3.05, 3.63) is 22.5 Å². The lowest BCUT2D eigenvalue weighted by molar-refractivity contribution is -0.107. The van der Waals surface area contributed by atoms with Crippen molar-refractivity contribution in [2.24, 2.45) is 0 Å². The Labute approximate surface area is 101 Å². The Balaban J connectivity index is 3.44. The van der Waals surface area contributed by atoms with Gasteiger partial charge in [0.15, 0.2) is 11.5 Å². The Bertz CT molecular complexity index is 427. The zero-order valence-electron chi connectivity index (χ0n) is 10.6. The average Bonchev–Trinajstić information content (AvgIpc) is 2.34. The monoisotopic (exact) mass is 240 g/mol. The van der Waals surface area contributed by atoms with E-state index in [4.69, 9.17) is 9.47 Å². The third-order valence-corrected chi connectivity index (χ3v) is 2.85. The molecule has 1 aromatic rings. The zero-order chi connectivity index (χ0) is 13.0. The molecule has 0 bridgehead atoms. The minimum absolute atomic E-state index is 0.302. The van der Waals surface area contributed by atoms with Crippen molar-refractivity contribution >= 4 is 6.29 Å². The zero-order valence-corrected chi connectivity index (χ0v) is 10.6. The van der Waals surface area contributed by atoms with Crippen molar-refractivity contribution in [3.63, 3.8) is 0 Å². The maximum atomic E-state index is 14.0. The number of halogens is 1. The molecule has 0 radical (unpaired) electrons. The molecule has 0 spiro atoms. The topological polar surface area (TPSA) is 35.5 Å². The SMILES string of the molecule is COc1c(C)c(F)c(C)c(CCC=O)c1OC. The van der Waals surface area contributed by atoms with Crippen molar-refractivity contribution in [1.29, 1.82) is 0 Å². The van der Waals surface area contributed by atoms with Gasteiger partial charge in [-0.3, -0.25) is 0 Å². The van der Waals surface area contributed by atoms with Crippen molar-refractivity contribution in [3.8, 4) is 11.5 Å². The van der Waals surface area contributed by atoms with Crippen LogP contribution in [0, 0.1) is 19.7 Å². The quantitative estimate of drug-likeness (QED) is 0.742. The fourth-order valence-electron chi connectivity index (χ4n) is 1.96. The molecule has 0 aromatic heterocycles. The highest BCUT2D eigenvalue weighted by atomic mass is 19.1. The normalized spacial score (nSPS) is 10.2. The first-order valence-corrected chi connectivity index (χ1v) is 5.41. The van der Waals surface area contributed by atoms with E-state index in [9.17, 15) is 9.18 Å². The summed E-state index contributed by atoms with van der Waals surface area (Å²) in [5.74, 6) is 0.616. The summed E-state index contributed by atoms with van der Waals surface area (Å²) in [5.41, 5.74) is 1.64. The number of carbonyl (C=O) groups is 1. The van der Waals surface area contributed by atoms with Gasteiger partial charge in [-0.1, -0.05) is 0 Å². The molecule has 0 N–H and O–H groups in total. The predicted molar refractivity (Wildman–Crippen MR) is 63.4 cm³/mol. The van der Waals surface area contributed by atoms with Crippen molar-refractivity contribution in [2.75, 3.05) is 14.2 Å². The van der Waals surface area contributed by atoms with E-state index in [0.717, 1.165) is 6.29 Å². The number of ether oxygens (including phenoxy) is 2. The van der Waals surface area contributed by atoms with E-state index in [2.05, 4.69) is 0 Å². The van der Waals surface area contributed by atoms with Gasteiger partial charge in [-0.2, -0.15) is 0 Å². The summed E-state index contributed by atoms with van der Waals surface area (Å²) in [6.07, 6.45) is 1.60. The standard InChI is InChI=1S/C13H17FO3/c1-8-10(6-5-7-15)13(17-4)12(16-3)9(2)11(8)14/h7H,5-6H2,1-4H3. The van der Waals surface area contributed by atoms with Crippen LogP contribution in [0.15, 0.2) is 0 Å². The average molecular weight is 240 g/mol. The summed E-state index contributed by atoms with van der Waals surface area (Å²) in [6.45, 7) is 3.33. The summed E-state index contributed by atoms with van der Waals surface area (Å²) < 4.78 is 24.4. The van der Waals surface area contributed by atoms with Gasteiger partial charge in [-0.15, -0.1) is 0 Å². The van der Waals surface area contributed by atoms with Gasteiger partial charge >= 0.3 is 0 Å². The number of benzene rings is 1.